The van der Waals surface area contributed by atoms with Gasteiger partial charge in [-0.25, -0.2) is 4.57 Å². The Balaban J connectivity index is 2.06. The Hall–Kier alpha value is -1.35. The SMILES string of the molecule is NC(=O)c1ccc[n+]([C@@H]2O[C@H](COP(=O)(O)O)C[C@H]2O)c1. The Bertz CT molecular complexity index is 575. The van der Waals surface area contributed by atoms with Crippen molar-refractivity contribution >= 4 is 13.7 Å². The summed E-state index contributed by atoms with van der Waals surface area (Å²) in [5.41, 5.74) is 5.43. The zero-order chi connectivity index (χ0) is 15.6. The summed E-state index contributed by atoms with van der Waals surface area (Å²) in [5, 5.41) is 9.96. The van der Waals surface area contributed by atoms with E-state index in [0.717, 1.165) is 0 Å². The van der Waals surface area contributed by atoms with Gasteiger partial charge in [0.1, 0.15) is 11.7 Å². The van der Waals surface area contributed by atoms with Gasteiger partial charge in [0, 0.05) is 12.5 Å². The second-order valence-electron chi connectivity index (χ2n) is 4.64. The van der Waals surface area contributed by atoms with Crippen LogP contribution in [0.25, 0.3) is 0 Å². The molecule has 0 aromatic carbocycles. The van der Waals surface area contributed by atoms with Crippen molar-refractivity contribution < 1.29 is 38.1 Å². The van der Waals surface area contributed by atoms with Crippen molar-refractivity contribution in [2.45, 2.75) is 24.9 Å². The lowest BCUT2D eigenvalue weighted by atomic mass is 10.2. The van der Waals surface area contributed by atoms with E-state index in [1.165, 1.54) is 16.8 Å². The molecule has 1 saturated heterocycles. The van der Waals surface area contributed by atoms with Crippen LogP contribution in [0.15, 0.2) is 24.5 Å². The molecule has 1 fully saturated rings. The molecule has 9 nitrogen and oxygen atoms in total. The highest BCUT2D eigenvalue weighted by Crippen LogP contribution is 2.37. The molecule has 1 aliphatic rings. The lowest BCUT2D eigenvalue weighted by molar-refractivity contribution is -0.765. The van der Waals surface area contributed by atoms with Crippen molar-refractivity contribution in [2.24, 2.45) is 5.73 Å². The number of aliphatic hydroxyl groups is 1. The standard InChI is InChI=1S/C11H15N2O7P/c12-10(15)7-2-1-3-13(5-7)11-9(14)4-8(20-11)6-19-21(16,17)18/h1-3,5,8-9,11,14H,4,6H2,(H3-,12,15,16,17,18)/p+1/t8-,9+,11+/m0/s1. The summed E-state index contributed by atoms with van der Waals surface area (Å²) in [4.78, 5) is 28.4. The molecule has 0 saturated carbocycles. The van der Waals surface area contributed by atoms with Crippen LogP contribution in [0.1, 0.15) is 23.0 Å². The number of aromatic nitrogens is 1. The van der Waals surface area contributed by atoms with Gasteiger partial charge in [0.15, 0.2) is 12.4 Å². The number of phosphoric ester groups is 1. The average Bonchev–Trinajstić information content (AvgIpc) is 2.77. The van der Waals surface area contributed by atoms with Crippen LogP contribution in [0, 0.1) is 0 Å². The highest BCUT2D eigenvalue weighted by molar-refractivity contribution is 7.46. The van der Waals surface area contributed by atoms with Crippen molar-refractivity contribution in [1.82, 2.24) is 0 Å². The minimum absolute atomic E-state index is 0.151. The molecule has 0 bridgehead atoms. The summed E-state index contributed by atoms with van der Waals surface area (Å²) in [5.74, 6) is -0.613. The molecule has 10 heteroatoms. The second-order valence-corrected chi connectivity index (χ2v) is 5.88. The van der Waals surface area contributed by atoms with E-state index in [-0.39, 0.29) is 18.6 Å². The summed E-state index contributed by atoms with van der Waals surface area (Å²) in [7, 11) is -4.58. The molecular formula is C11H16N2O7P+. The quantitative estimate of drug-likeness (QED) is 0.395. The maximum Gasteiger partial charge on any atom is 0.469 e. The van der Waals surface area contributed by atoms with E-state index in [0.29, 0.717) is 0 Å². The molecular weight excluding hydrogens is 303 g/mol. The fraction of sp³-hybridized carbons (Fsp3) is 0.455. The van der Waals surface area contributed by atoms with Gasteiger partial charge in [0.05, 0.1) is 12.7 Å². The first-order valence-corrected chi connectivity index (χ1v) is 7.63. The second kappa shape index (κ2) is 6.18. The van der Waals surface area contributed by atoms with Crippen LogP contribution in [-0.2, 0) is 13.8 Å². The zero-order valence-electron chi connectivity index (χ0n) is 10.9. The summed E-state index contributed by atoms with van der Waals surface area (Å²) in [6, 6.07) is 3.10. The van der Waals surface area contributed by atoms with Crippen molar-refractivity contribution in [3.05, 3.63) is 30.1 Å². The van der Waals surface area contributed by atoms with Crippen molar-refractivity contribution in [3.63, 3.8) is 0 Å². The normalized spacial score (nSPS) is 26.0. The first-order chi connectivity index (χ1) is 9.76. The molecule has 0 unspecified atom stereocenters. The average molecular weight is 319 g/mol. The number of amides is 1. The summed E-state index contributed by atoms with van der Waals surface area (Å²) in [6.07, 6.45) is 0.827. The topological polar surface area (TPSA) is 143 Å². The van der Waals surface area contributed by atoms with Gasteiger partial charge < -0.3 is 25.4 Å². The van der Waals surface area contributed by atoms with Gasteiger partial charge in [-0.15, -0.1) is 0 Å². The molecule has 0 aliphatic carbocycles. The molecule has 1 aliphatic heterocycles. The predicted molar refractivity (Wildman–Crippen MR) is 67.7 cm³/mol. The Labute approximate surface area is 120 Å². The third-order valence-corrected chi connectivity index (χ3v) is 3.48. The van der Waals surface area contributed by atoms with E-state index < -0.39 is 32.2 Å². The number of nitrogens with zero attached hydrogens (tertiary/aromatic N) is 1. The number of rotatable bonds is 5. The Morgan fingerprint density at radius 2 is 2.29 bits per heavy atom. The number of ether oxygens (including phenoxy) is 1. The monoisotopic (exact) mass is 319 g/mol. The summed E-state index contributed by atoms with van der Waals surface area (Å²) in [6.45, 7) is -0.339. The minimum Gasteiger partial charge on any atom is -0.383 e. The van der Waals surface area contributed by atoms with E-state index in [1.807, 2.05) is 0 Å². The first kappa shape index (κ1) is 16.0. The minimum atomic E-state index is -4.58. The number of hydrogen-bond donors (Lipinski definition) is 4. The van der Waals surface area contributed by atoms with E-state index in [4.69, 9.17) is 20.3 Å². The predicted octanol–water partition coefficient (Wildman–Crippen LogP) is -1.17. The number of nitrogens with two attached hydrogens (primary N) is 1. The lowest BCUT2D eigenvalue weighted by Gasteiger charge is -2.11. The Morgan fingerprint density at radius 3 is 2.90 bits per heavy atom. The molecule has 2 heterocycles. The van der Waals surface area contributed by atoms with Crippen LogP contribution in [0.4, 0.5) is 0 Å². The molecule has 21 heavy (non-hydrogen) atoms. The zero-order valence-corrected chi connectivity index (χ0v) is 11.8. The van der Waals surface area contributed by atoms with Crippen LogP contribution in [-0.4, -0.2) is 39.6 Å². The number of pyridine rings is 1. The van der Waals surface area contributed by atoms with E-state index >= 15 is 0 Å². The van der Waals surface area contributed by atoms with Gasteiger partial charge in [0.25, 0.3) is 12.1 Å². The number of carbonyl (C=O) groups is 1. The number of aliphatic hydroxyl groups excluding tert-OH is 1. The van der Waals surface area contributed by atoms with Crippen LogP contribution in [0.5, 0.6) is 0 Å². The smallest absolute Gasteiger partial charge is 0.383 e. The van der Waals surface area contributed by atoms with Crippen molar-refractivity contribution in [3.8, 4) is 0 Å². The van der Waals surface area contributed by atoms with Crippen LogP contribution < -0.4 is 10.3 Å². The van der Waals surface area contributed by atoms with E-state index in [1.54, 1.807) is 12.3 Å². The van der Waals surface area contributed by atoms with Crippen molar-refractivity contribution in [2.75, 3.05) is 6.61 Å². The molecule has 1 aromatic rings. The fourth-order valence-corrected chi connectivity index (χ4v) is 2.44. The maximum atomic E-state index is 11.1. The third-order valence-electron chi connectivity index (χ3n) is 2.99. The van der Waals surface area contributed by atoms with Gasteiger partial charge in [-0.05, 0) is 6.07 Å². The highest BCUT2D eigenvalue weighted by atomic mass is 31.2. The molecule has 2 rings (SSSR count). The van der Waals surface area contributed by atoms with Gasteiger partial charge in [-0.3, -0.25) is 9.32 Å². The lowest BCUT2D eigenvalue weighted by Crippen LogP contribution is -2.44. The molecule has 3 atom stereocenters. The van der Waals surface area contributed by atoms with Gasteiger partial charge >= 0.3 is 7.82 Å². The largest absolute Gasteiger partial charge is 0.469 e. The number of hydrogen-bond acceptors (Lipinski definition) is 5. The molecule has 1 aromatic heterocycles. The number of primary amides is 1. The molecule has 116 valence electrons. The van der Waals surface area contributed by atoms with Crippen molar-refractivity contribution in [1.29, 1.82) is 0 Å². The van der Waals surface area contributed by atoms with Gasteiger partial charge in [-0.1, -0.05) is 0 Å². The summed E-state index contributed by atoms with van der Waals surface area (Å²) >= 11 is 0. The molecule has 0 radical (unpaired) electrons. The first-order valence-electron chi connectivity index (χ1n) is 6.10. The molecule has 1 amide bonds. The van der Waals surface area contributed by atoms with Crippen LogP contribution in [0.2, 0.25) is 0 Å². The van der Waals surface area contributed by atoms with E-state index in [2.05, 4.69) is 4.52 Å². The number of phosphoric acid groups is 1. The maximum absolute atomic E-state index is 11.1. The summed E-state index contributed by atoms with van der Waals surface area (Å²) < 4.78 is 21.9. The highest BCUT2D eigenvalue weighted by Gasteiger charge is 2.41. The number of carbonyl (C=O) groups excluding carboxylic acids is 1. The van der Waals surface area contributed by atoms with Gasteiger partial charge in [-0.2, -0.15) is 4.57 Å². The third kappa shape index (κ3) is 4.31. The van der Waals surface area contributed by atoms with E-state index in [9.17, 15) is 14.5 Å². The fourth-order valence-electron chi connectivity index (χ4n) is 2.08. The van der Waals surface area contributed by atoms with Crippen LogP contribution in [0.3, 0.4) is 0 Å². The molecule has 5 N–H and O–H groups in total. The van der Waals surface area contributed by atoms with Gasteiger partial charge in [0.2, 0.25) is 0 Å². The molecule has 0 spiro atoms. The van der Waals surface area contributed by atoms with Crippen LogP contribution >= 0.6 is 7.82 Å². The Morgan fingerprint density at radius 1 is 1.57 bits per heavy atom. The Kier molecular flexibility index (Phi) is 4.72.